The van der Waals surface area contributed by atoms with Crippen LogP contribution in [0.5, 0.6) is 0 Å². The molecule has 0 aromatic heterocycles. The molecule has 0 amide bonds. The Bertz CT molecular complexity index is 729. The number of hydrogen-bond donors (Lipinski definition) is 4. The smallest absolute Gasteiger partial charge is 0.418 e. The van der Waals surface area contributed by atoms with Gasteiger partial charge in [-0.1, -0.05) is 77.6 Å². The van der Waals surface area contributed by atoms with Gasteiger partial charge in [-0.3, -0.25) is 0 Å². The van der Waals surface area contributed by atoms with Crippen LogP contribution in [0.15, 0.2) is 0 Å². The molecule has 0 saturated carbocycles. The summed E-state index contributed by atoms with van der Waals surface area (Å²) in [7, 11) is -7.13. The maximum absolute atomic E-state index is 13.8. The third-order valence-corrected chi connectivity index (χ3v) is 10.0. The molecule has 0 aliphatic rings. The van der Waals surface area contributed by atoms with Crippen molar-refractivity contribution in [2.24, 2.45) is 11.5 Å². The molecule has 0 heterocycles. The summed E-state index contributed by atoms with van der Waals surface area (Å²) >= 11 is 0. The van der Waals surface area contributed by atoms with E-state index in [1.165, 1.54) is 51.4 Å². The molecular formula is C22H39F5N2O3Si2. The van der Waals surface area contributed by atoms with E-state index < -0.39 is 58.5 Å². The molecule has 0 bridgehead atoms. The average molecular weight is 531 g/mol. The van der Waals surface area contributed by atoms with Gasteiger partial charge in [0.2, 0.25) is 5.82 Å². The highest BCUT2D eigenvalue weighted by Gasteiger charge is 2.45. The van der Waals surface area contributed by atoms with E-state index in [4.69, 9.17) is 15.6 Å². The number of benzene rings is 1. The molecule has 0 aliphatic carbocycles. The van der Waals surface area contributed by atoms with Crippen LogP contribution in [0.25, 0.3) is 0 Å². The van der Waals surface area contributed by atoms with Crippen molar-refractivity contribution < 1.29 is 35.7 Å². The van der Waals surface area contributed by atoms with E-state index in [1.807, 2.05) is 0 Å². The van der Waals surface area contributed by atoms with Crippen LogP contribution in [0.3, 0.4) is 0 Å². The lowest BCUT2D eigenvalue weighted by Gasteiger charge is -2.25. The quantitative estimate of drug-likeness (QED) is 0.0579. The van der Waals surface area contributed by atoms with Crippen LogP contribution in [0.2, 0.25) is 6.04 Å². The molecule has 198 valence electrons. The molecule has 6 N–H and O–H groups in total. The van der Waals surface area contributed by atoms with Crippen LogP contribution >= 0.6 is 0 Å². The Morgan fingerprint density at radius 3 is 1.59 bits per heavy atom. The highest BCUT2D eigenvalue weighted by molar-refractivity contribution is 6.76. The molecule has 1 rings (SSSR count). The first-order valence-electron chi connectivity index (χ1n) is 12.1. The molecule has 0 radical (unpaired) electrons. The Morgan fingerprint density at radius 1 is 0.706 bits per heavy atom. The van der Waals surface area contributed by atoms with E-state index in [2.05, 4.69) is 6.92 Å². The Labute approximate surface area is 202 Å². The lowest BCUT2D eigenvalue weighted by atomic mass is 9.99. The van der Waals surface area contributed by atoms with Gasteiger partial charge in [0.05, 0.1) is 10.8 Å². The molecule has 0 atom stereocenters. The second-order valence-electron chi connectivity index (χ2n) is 9.02. The second kappa shape index (κ2) is 15.3. The lowest BCUT2D eigenvalue weighted by Crippen LogP contribution is -2.56. The zero-order chi connectivity index (χ0) is 25.8. The number of hydrogen-bond acceptors (Lipinski definition) is 5. The van der Waals surface area contributed by atoms with Gasteiger partial charge in [-0.05, 0) is 18.9 Å². The molecule has 0 unspecified atom stereocenters. The third-order valence-electron chi connectivity index (χ3n) is 5.87. The summed E-state index contributed by atoms with van der Waals surface area (Å²) in [5.41, 5.74) is 11.1. The molecule has 0 saturated heterocycles. The third kappa shape index (κ3) is 10.4. The van der Waals surface area contributed by atoms with E-state index in [9.17, 15) is 31.5 Å². The highest BCUT2D eigenvalue weighted by Crippen LogP contribution is 2.20. The van der Waals surface area contributed by atoms with Crippen LogP contribution < -0.4 is 16.7 Å². The van der Waals surface area contributed by atoms with Crippen LogP contribution in [-0.2, 0) is 4.12 Å². The van der Waals surface area contributed by atoms with Gasteiger partial charge in [0.15, 0.2) is 33.0 Å². The summed E-state index contributed by atoms with van der Waals surface area (Å²) in [4.78, 5) is 19.9. The zero-order valence-electron chi connectivity index (χ0n) is 20.0. The number of nitrogens with two attached hydrogens (primary N) is 2. The molecule has 0 spiro atoms. The fourth-order valence-corrected chi connectivity index (χ4v) is 7.71. The summed E-state index contributed by atoms with van der Waals surface area (Å²) in [5, 5.41) is -1.70. The zero-order valence-corrected chi connectivity index (χ0v) is 22.4. The molecule has 1 aromatic rings. The summed E-state index contributed by atoms with van der Waals surface area (Å²) < 4.78 is 72.3. The maximum Gasteiger partial charge on any atom is 0.527 e. The fourth-order valence-electron chi connectivity index (χ4n) is 3.82. The van der Waals surface area contributed by atoms with Crippen molar-refractivity contribution >= 4 is 23.8 Å². The van der Waals surface area contributed by atoms with Crippen LogP contribution in [0, 0.1) is 29.1 Å². The van der Waals surface area contributed by atoms with Crippen molar-refractivity contribution in [3.63, 3.8) is 0 Å². The Morgan fingerprint density at radius 2 is 1.12 bits per heavy atom. The van der Waals surface area contributed by atoms with Gasteiger partial charge in [0.1, 0.15) is 0 Å². The molecule has 1 aromatic carbocycles. The van der Waals surface area contributed by atoms with Crippen LogP contribution in [-0.4, -0.2) is 33.8 Å². The molecule has 0 fully saturated rings. The average Bonchev–Trinajstić information content (AvgIpc) is 2.77. The molecule has 5 nitrogen and oxygen atoms in total. The first-order valence-corrected chi connectivity index (χ1v) is 15.5. The van der Waals surface area contributed by atoms with Crippen molar-refractivity contribution in [2.45, 2.75) is 102 Å². The van der Waals surface area contributed by atoms with Gasteiger partial charge in [0, 0.05) is 0 Å². The van der Waals surface area contributed by atoms with Crippen molar-refractivity contribution in [1.82, 2.24) is 0 Å². The SMILES string of the molecule is CCCCCCCCCCCCCC(N)(N)CC[SiH2]O[Si](O)(O)c1c(F)c(F)c(F)c(F)c1F. The molecule has 0 aliphatic heterocycles. The van der Waals surface area contributed by atoms with Gasteiger partial charge in [0.25, 0.3) is 0 Å². The van der Waals surface area contributed by atoms with Crippen molar-refractivity contribution in [1.29, 1.82) is 0 Å². The maximum atomic E-state index is 13.8. The Hall–Kier alpha value is -0.896. The van der Waals surface area contributed by atoms with E-state index in [1.54, 1.807) is 0 Å². The predicted octanol–water partition coefficient (Wildman–Crippen LogP) is 3.74. The number of rotatable bonds is 18. The van der Waals surface area contributed by atoms with Crippen molar-refractivity contribution in [2.75, 3.05) is 0 Å². The monoisotopic (exact) mass is 530 g/mol. The summed E-state index contributed by atoms with van der Waals surface area (Å²) in [5.74, 6) is -11.5. The van der Waals surface area contributed by atoms with Gasteiger partial charge >= 0.3 is 8.80 Å². The minimum atomic E-state index is -5.32. The van der Waals surface area contributed by atoms with Crippen molar-refractivity contribution in [3.8, 4) is 0 Å². The van der Waals surface area contributed by atoms with Gasteiger partial charge in [-0.2, -0.15) is 0 Å². The molecule has 34 heavy (non-hydrogen) atoms. The predicted molar refractivity (Wildman–Crippen MR) is 127 cm³/mol. The second-order valence-corrected chi connectivity index (χ2v) is 13.0. The molecular weight excluding hydrogens is 491 g/mol. The normalized spacial score (nSPS) is 12.9. The summed E-state index contributed by atoms with van der Waals surface area (Å²) in [6, 6.07) is 0.246. The van der Waals surface area contributed by atoms with E-state index in [0.29, 0.717) is 6.42 Å². The largest absolute Gasteiger partial charge is 0.527 e. The number of unbranched alkanes of at least 4 members (excludes halogenated alkanes) is 10. The van der Waals surface area contributed by atoms with Gasteiger partial charge < -0.3 is 25.2 Å². The Balaban J connectivity index is 2.30. The standard InChI is InChI=1S/C22H39F5N2O3Si2/c1-2-3-4-5-6-7-8-9-10-11-12-13-22(28,29)14-15-33-32-34(30,31)21-19(26)17(24)16(23)18(25)20(21)27/h30-31H,2-15,28-29,33H2,1H3. The van der Waals surface area contributed by atoms with E-state index in [-0.39, 0.29) is 12.5 Å². The fraction of sp³-hybridized carbons (Fsp3) is 0.727. The lowest BCUT2D eigenvalue weighted by molar-refractivity contribution is 0.258. The Kier molecular flexibility index (Phi) is 14.0. The van der Waals surface area contributed by atoms with E-state index in [0.717, 1.165) is 19.3 Å². The highest BCUT2D eigenvalue weighted by atomic mass is 28.4. The minimum absolute atomic E-state index is 0.246. The van der Waals surface area contributed by atoms with Crippen LogP contribution in [0.1, 0.15) is 90.4 Å². The van der Waals surface area contributed by atoms with Gasteiger partial charge in [-0.15, -0.1) is 0 Å². The minimum Gasteiger partial charge on any atom is -0.418 e. The van der Waals surface area contributed by atoms with Gasteiger partial charge in [-0.25, -0.2) is 22.0 Å². The summed E-state index contributed by atoms with van der Waals surface area (Å²) in [6.07, 6.45) is 13.9. The van der Waals surface area contributed by atoms with Crippen molar-refractivity contribution in [3.05, 3.63) is 29.1 Å². The first kappa shape index (κ1) is 31.1. The van der Waals surface area contributed by atoms with Crippen LogP contribution in [0.4, 0.5) is 22.0 Å². The summed E-state index contributed by atoms with van der Waals surface area (Å²) in [6.45, 7) is 2.20. The molecule has 12 heteroatoms. The van der Waals surface area contributed by atoms with E-state index >= 15 is 0 Å². The first-order chi connectivity index (χ1) is 15.9. The number of halogens is 5. The topological polar surface area (TPSA) is 102 Å².